The van der Waals surface area contributed by atoms with Crippen molar-refractivity contribution >= 4 is 11.9 Å². The van der Waals surface area contributed by atoms with Crippen LogP contribution in [0.3, 0.4) is 0 Å². The Morgan fingerprint density at radius 3 is 2.24 bits per heavy atom. The first-order valence-electron chi connectivity index (χ1n) is 7.83. The summed E-state index contributed by atoms with van der Waals surface area (Å²) in [5.74, 6) is -4.13. The van der Waals surface area contributed by atoms with Crippen LogP contribution in [0.2, 0.25) is 0 Å². The van der Waals surface area contributed by atoms with Crippen molar-refractivity contribution in [1.29, 1.82) is 0 Å². The van der Waals surface area contributed by atoms with Crippen LogP contribution in [-0.2, 0) is 25.5 Å². The monoisotopic (exact) mass is 353 g/mol. The number of nitrogens with zero attached hydrogens (tertiary/aromatic N) is 1. The largest absolute Gasteiger partial charge is 0.460 e. The van der Waals surface area contributed by atoms with Crippen molar-refractivity contribution in [3.8, 4) is 11.5 Å². The molecule has 1 aromatic rings. The molecule has 1 aromatic carbocycles. The lowest BCUT2D eigenvalue weighted by molar-refractivity contribution is -0.517. The molecule has 136 valence electrons. The number of esters is 2. The SMILES string of the molecule is CCOC(=O)C1(C(=O)OCC)Oc2ccc(CC(C)[N+](=O)[O-])cc2O1. The highest BCUT2D eigenvalue weighted by molar-refractivity contribution is 6.03. The number of benzene rings is 1. The number of nitro groups is 1. The Kier molecular flexibility index (Phi) is 5.45. The van der Waals surface area contributed by atoms with Gasteiger partial charge in [-0.05, 0) is 31.5 Å². The van der Waals surface area contributed by atoms with Gasteiger partial charge in [0.2, 0.25) is 6.04 Å². The fraction of sp³-hybridized carbons (Fsp3) is 0.500. The molecular formula is C16H19NO8. The molecule has 0 amide bonds. The number of rotatable bonds is 7. The highest BCUT2D eigenvalue weighted by Gasteiger charge is 2.59. The van der Waals surface area contributed by atoms with E-state index in [9.17, 15) is 19.7 Å². The minimum Gasteiger partial charge on any atom is -0.460 e. The number of carbonyl (C=O) groups is 2. The Hall–Kier alpha value is -2.84. The third-order valence-electron chi connectivity index (χ3n) is 3.49. The molecule has 0 bridgehead atoms. The number of hydrogen-bond donors (Lipinski definition) is 0. The third kappa shape index (κ3) is 3.65. The van der Waals surface area contributed by atoms with Gasteiger partial charge in [0.1, 0.15) is 0 Å². The van der Waals surface area contributed by atoms with Gasteiger partial charge >= 0.3 is 17.7 Å². The summed E-state index contributed by atoms with van der Waals surface area (Å²) >= 11 is 0. The van der Waals surface area contributed by atoms with Gasteiger partial charge in [0.25, 0.3) is 0 Å². The van der Waals surface area contributed by atoms with Crippen LogP contribution in [-0.4, -0.2) is 41.9 Å². The van der Waals surface area contributed by atoms with Crippen LogP contribution >= 0.6 is 0 Å². The molecule has 0 saturated carbocycles. The summed E-state index contributed by atoms with van der Waals surface area (Å²) in [6.45, 7) is 4.68. The van der Waals surface area contributed by atoms with Crippen LogP contribution < -0.4 is 9.47 Å². The van der Waals surface area contributed by atoms with E-state index < -0.39 is 28.7 Å². The Bertz CT molecular complexity index is 669. The van der Waals surface area contributed by atoms with Crippen LogP contribution in [0.4, 0.5) is 0 Å². The average Bonchev–Trinajstić information content (AvgIpc) is 2.95. The Balaban J connectivity index is 2.30. The van der Waals surface area contributed by atoms with Crippen LogP contribution in [0, 0.1) is 10.1 Å². The van der Waals surface area contributed by atoms with Crippen LogP contribution in [0.25, 0.3) is 0 Å². The van der Waals surface area contributed by atoms with Crippen LogP contribution in [0.15, 0.2) is 18.2 Å². The highest BCUT2D eigenvalue weighted by Crippen LogP contribution is 2.41. The molecule has 0 spiro atoms. The molecule has 2 rings (SSSR count). The van der Waals surface area contributed by atoms with Crippen molar-refractivity contribution in [2.75, 3.05) is 13.2 Å². The van der Waals surface area contributed by atoms with Gasteiger partial charge in [-0.2, -0.15) is 0 Å². The Morgan fingerprint density at radius 2 is 1.72 bits per heavy atom. The maximum Gasteiger partial charge on any atom is 0.453 e. The first-order valence-corrected chi connectivity index (χ1v) is 7.83. The second-order valence-corrected chi connectivity index (χ2v) is 5.38. The lowest BCUT2D eigenvalue weighted by Crippen LogP contribution is -2.55. The molecule has 1 unspecified atom stereocenters. The lowest BCUT2D eigenvalue weighted by atomic mass is 10.1. The van der Waals surface area contributed by atoms with Gasteiger partial charge in [-0.1, -0.05) is 6.07 Å². The zero-order valence-corrected chi connectivity index (χ0v) is 14.1. The zero-order valence-electron chi connectivity index (χ0n) is 14.1. The molecular weight excluding hydrogens is 334 g/mol. The van der Waals surface area contributed by atoms with E-state index in [1.165, 1.54) is 19.1 Å². The molecule has 1 aliphatic heterocycles. The first-order chi connectivity index (χ1) is 11.8. The summed E-state index contributed by atoms with van der Waals surface area (Å²) in [6.07, 6.45) is 0.162. The smallest absolute Gasteiger partial charge is 0.453 e. The van der Waals surface area contributed by atoms with Crippen molar-refractivity contribution < 1.29 is 33.5 Å². The standard InChI is InChI=1S/C16H19NO8/c1-4-22-14(18)16(15(19)23-5-2)24-12-7-6-11(9-13(12)25-16)8-10(3)17(20)21/h6-7,9-10H,4-5,8H2,1-3H3. The summed E-state index contributed by atoms with van der Waals surface area (Å²) in [5.41, 5.74) is 0.607. The minimum absolute atomic E-state index is 0.0225. The van der Waals surface area contributed by atoms with E-state index >= 15 is 0 Å². The van der Waals surface area contributed by atoms with E-state index in [4.69, 9.17) is 18.9 Å². The van der Waals surface area contributed by atoms with Crippen molar-refractivity contribution in [1.82, 2.24) is 0 Å². The average molecular weight is 353 g/mol. The fourth-order valence-electron chi connectivity index (χ4n) is 2.29. The molecule has 0 fully saturated rings. The molecule has 0 radical (unpaired) electrons. The van der Waals surface area contributed by atoms with Crippen LogP contribution in [0.5, 0.6) is 11.5 Å². The zero-order chi connectivity index (χ0) is 18.6. The summed E-state index contributed by atoms with van der Waals surface area (Å²) in [6, 6.07) is 3.79. The number of fused-ring (bicyclic) bond motifs is 1. The molecule has 0 aromatic heterocycles. The first kappa shape index (κ1) is 18.5. The van der Waals surface area contributed by atoms with E-state index in [1.54, 1.807) is 19.9 Å². The van der Waals surface area contributed by atoms with E-state index in [0.29, 0.717) is 5.56 Å². The van der Waals surface area contributed by atoms with Crippen molar-refractivity contribution in [3.63, 3.8) is 0 Å². The van der Waals surface area contributed by atoms with Gasteiger partial charge in [0, 0.05) is 18.3 Å². The number of carbonyl (C=O) groups excluding carboxylic acids is 2. The quantitative estimate of drug-likeness (QED) is 0.313. The second-order valence-electron chi connectivity index (χ2n) is 5.38. The van der Waals surface area contributed by atoms with E-state index in [-0.39, 0.29) is 31.1 Å². The Morgan fingerprint density at radius 1 is 1.16 bits per heavy atom. The second kappa shape index (κ2) is 7.37. The number of ether oxygens (including phenoxy) is 4. The third-order valence-corrected chi connectivity index (χ3v) is 3.49. The number of hydrogen-bond acceptors (Lipinski definition) is 8. The molecule has 1 aliphatic rings. The predicted octanol–water partition coefficient (Wildman–Crippen LogP) is 1.49. The molecule has 0 N–H and O–H groups in total. The topological polar surface area (TPSA) is 114 Å². The lowest BCUT2D eigenvalue weighted by Gasteiger charge is -2.22. The fourth-order valence-corrected chi connectivity index (χ4v) is 2.29. The molecule has 1 heterocycles. The molecule has 1 atom stereocenters. The van der Waals surface area contributed by atoms with E-state index in [2.05, 4.69) is 0 Å². The van der Waals surface area contributed by atoms with Gasteiger partial charge in [-0.3, -0.25) is 10.1 Å². The summed E-state index contributed by atoms with van der Waals surface area (Å²) in [7, 11) is 0. The van der Waals surface area contributed by atoms with Crippen molar-refractivity contribution in [3.05, 3.63) is 33.9 Å². The minimum atomic E-state index is -2.36. The molecule has 0 aliphatic carbocycles. The van der Waals surface area contributed by atoms with Gasteiger partial charge in [0.05, 0.1) is 13.2 Å². The summed E-state index contributed by atoms with van der Waals surface area (Å²) in [4.78, 5) is 34.9. The normalized spacial score (nSPS) is 15.3. The highest BCUT2D eigenvalue weighted by atomic mass is 16.8. The van der Waals surface area contributed by atoms with Gasteiger partial charge in [-0.25, -0.2) is 9.59 Å². The van der Waals surface area contributed by atoms with Gasteiger partial charge < -0.3 is 18.9 Å². The van der Waals surface area contributed by atoms with Crippen LogP contribution in [0.1, 0.15) is 26.3 Å². The maximum absolute atomic E-state index is 12.2. The summed E-state index contributed by atoms with van der Waals surface area (Å²) < 4.78 is 20.6. The van der Waals surface area contributed by atoms with E-state index in [1.807, 2.05) is 0 Å². The molecule has 9 heteroatoms. The van der Waals surface area contributed by atoms with Gasteiger partial charge in [-0.15, -0.1) is 0 Å². The van der Waals surface area contributed by atoms with Crippen molar-refractivity contribution in [2.24, 2.45) is 0 Å². The molecule has 9 nitrogen and oxygen atoms in total. The molecule has 25 heavy (non-hydrogen) atoms. The summed E-state index contributed by atoms with van der Waals surface area (Å²) in [5, 5.41) is 10.8. The van der Waals surface area contributed by atoms with Crippen molar-refractivity contribution in [2.45, 2.75) is 39.0 Å². The predicted molar refractivity (Wildman–Crippen MR) is 83.9 cm³/mol. The molecule has 0 saturated heterocycles. The maximum atomic E-state index is 12.2. The van der Waals surface area contributed by atoms with E-state index in [0.717, 1.165) is 0 Å². The van der Waals surface area contributed by atoms with Gasteiger partial charge in [0.15, 0.2) is 11.5 Å². The Labute approximate surface area is 144 Å².